The molecule has 9 nitrogen and oxygen atoms in total. The van der Waals surface area contributed by atoms with Gasteiger partial charge < -0.3 is 20.3 Å². The van der Waals surface area contributed by atoms with Crippen LogP contribution in [-0.4, -0.2) is 51.5 Å². The highest BCUT2D eigenvalue weighted by Gasteiger charge is 2.14. The molecule has 2 aromatic heterocycles. The first-order valence-electron chi connectivity index (χ1n) is 11.1. The molecule has 1 amide bonds. The highest BCUT2D eigenvalue weighted by atomic mass is 16.2. The van der Waals surface area contributed by atoms with Gasteiger partial charge in [-0.1, -0.05) is 12.1 Å². The van der Waals surface area contributed by atoms with Crippen LogP contribution in [0.4, 0.5) is 17.2 Å². The predicted molar refractivity (Wildman–Crippen MR) is 133 cm³/mol. The number of carbonyl (C=O) groups excluding carboxylic acids is 2. The maximum absolute atomic E-state index is 12.4. The second-order valence-electron chi connectivity index (χ2n) is 8.21. The third-order valence-electron chi connectivity index (χ3n) is 5.14. The van der Waals surface area contributed by atoms with E-state index in [1.807, 2.05) is 61.2 Å². The molecule has 0 saturated heterocycles. The van der Waals surface area contributed by atoms with Crippen molar-refractivity contribution >= 4 is 40.3 Å². The zero-order chi connectivity index (χ0) is 23.9. The van der Waals surface area contributed by atoms with Crippen LogP contribution in [0.2, 0.25) is 0 Å². The Labute approximate surface area is 197 Å². The van der Waals surface area contributed by atoms with Gasteiger partial charge in [0.2, 0.25) is 5.91 Å². The summed E-state index contributed by atoms with van der Waals surface area (Å²) in [5.41, 5.74) is 3.49. The van der Waals surface area contributed by atoms with Crippen LogP contribution in [0.5, 0.6) is 0 Å². The van der Waals surface area contributed by atoms with E-state index in [0.717, 1.165) is 34.1 Å². The lowest BCUT2D eigenvalue weighted by Gasteiger charge is -2.24. The van der Waals surface area contributed by atoms with Gasteiger partial charge in [0.15, 0.2) is 5.82 Å². The minimum Gasteiger partial charge on any atom is -0.362 e. The Morgan fingerprint density at radius 1 is 1.18 bits per heavy atom. The number of anilines is 3. The molecule has 2 heterocycles. The second-order valence-corrected chi connectivity index (χ2v) is 8.21. The van der Waals surface area contributed by atoms with E-state index in [0.29, 0.717) is 24.6 Å². The number of H-pyrrole nitrogens is 1. The molecule has 0 bridgehead atoms. The fourth-order valence-electron chi connectivity index (χ4n) is 3.63. The Balaban J connectivity index is 1.55. The van der Waals surface area contributed by atoms with Gasteiger partial charge in [-0.15, -0.1) is 0 Å². The number of aldehydes is 1. The summed E-state index contributed by atoms with van der Waals surface area (Å²) in [6.07, 6.45) is 4.66. The third kappa shape index (κ3) is 5.74. The zero-order valence-electron chi connectivity index (χ0n) is 19.2. The number of rotatable bonds is 10. The Morgan fingerprint density at radius 2 is 2.06 bits per heavy atom. The number of hydrogen-bond acceptors (Lipinski definition) is 7. The lowest BCUT2D eigenvalue weighted by molar-refractivity contribution is -0.120. The SMILES string of the molecule is CC(C)NC(=O)CN(CCC=O)c1cccc(-c2nccc(Nc3ccc4[nH]ncc4c3)n2)c1. The number of nitrogens with zero attached hydrogens (tertiary/aromatic N) is 4. The third-order valence-corrected chi connectivity index (χ3v) is 5.14. The molecule has 0 saturated carbocycles. The maximum Gasteiger partial charge on any atom is 0.239 e. The van der Waals surface area contributed by atoms with E-state index in [2.05, 4.69) is 30.8 Å². The summed E-state index contributed by atoms with van der Waals surface area (Å²) in [5.74, 6) is 1.12. The molecule has 2 aromatic carbocycles. The molecule has 0 aliphatic heterocycles. The number of aromatic nitrogens is 4. The molecule has 34 heavy (non-hydrogen) atoms. The Hall–Kier alpha value is -4.27. The number of fused-ring (bicyclic) bond motifs is 1. The van der Waals surface area contributed by atoms with Crippen molar-refractivity contribution in [1.29, 1.82) is 0 Å². The first-order valence-corrected chi connectivity index (χ1v) is 11.1. The summed E-state index contributed by atoms with van der Waals surface area (Å²) in [6.45, 7) is 4.44. The molecule has 174 valence electrons. The lowest BCUT2D eigenvalue weighted by Crippen LogP contribution is -2.40. The molecule has 0 radical (unpaired) electrons. The number of amides is 1. The fraction of sp³-hybridized carbons (Fsp3) is 0.240. The van der Waals surface area contributed by atoms with Crippen molar-refractivity contribution in [3.8, 4) is 11.4 Å². The highest BCUT2D eigenvalue weighted by Crippen LogP contribution is 2.25. The Morgan fingerprint density at radius 3 is 2.88 bits per heavy atom. The smallest absolute Gasteiger partial charge is 0.239 e. The monoisotopic (exact) mass is 457 g/mol. The summed E-state index contributed by atoms with van der Waals surface area (Å²) in [6, 6.07) is 15.4. The molecule has 4 aromatic rings. The van der Waals surface area contributed by atoms with Crippen LogP contribution in [-0.2, 0) is 9.59 Å². The summed E-state index contributed by atoms with van der Waals surface area (Å²) in [4.78, 5) is 34.3. The van der Waals surface area contributed by atoms with Crippen molar-refractivity contribution in [3.05, 3.63) is 60.9 Å². The van der Waals surface area contributed by atoms with E-state index in [1.54, 1.807) is 18.5 Å². The molecule has 9 heteroatoms. The van der Waals surface area contributed by atoms with E-state index in [4.69, 9.17) is 0 Å². The molecule has 4 rings (SSSR count). The number of carbonyl (C=O) groups is 2. The number of aromatic amines is 1. The Bertz CT molecular complexity index is 1290. The molecule has 3 N–H and O–H groups in total. The molecule has 0 spiro atoms. The van der Waals surface area contributed by atoms with Crippen molar-refractivity contribution in [2.75, 3.05) is 23.3 Å². The van der Waals surface area contributed by atoms with Crippen molar-refractivity contribution in [3.63, 3.8) is 0 Å². The van der Waals surface area contributed by atoms with Gasteiger partial charge in [0.1, 0.15) is 12.1 Å². The minimum absolute atomic E-state index is 0.0459. The topological polar surface area (TPSA) is 116 Å². The van der Waals surface area contributed by atoms with E-state index >= 15 is 0 Å². The standard InChI is InChI=1S/C25H27N7O2/c1-17(2)28-24(34)16-32(11-4-12-33)21-6-3-5-18(14-21)25-26-10-9-23(30-25)29-20-7-8-22-19(13-20)15-27-31-22/h3,5-10,12-15,17H,4,11,16H2,1-2H3,(H,27,31)(H,28,34)(H,26,29,30). The highest BCUT2D eigenvalue weighted by molar-refractivity contribution is 5.83. The van der Waals surface area contributed by atoms with Crippen LogP contribution in [0.15, 0.2) is 60.9 Å². The Kier molecular flexibility index (Phi) is 7.12. The quantitative estimate of drug-likeness (QED) is 0.311. The van der Waals surface area contributed by atoms with Gasteiger partial charge in [-0.05, 0) is 50.2 Å². The first-order chi connectivity index (χ1) is 16.5. The van der Waals surface area contributed by atoms with E-state index in [1.165, 1.54) is 0 Å². The van der Waals surface area contributed by atoms with Crippen molar-refractivity contribution in [2.45, 2.75) is 26.3 Å². The van der Waals surface area contributed by atoms with Crippen LogP contribution < -0.4 is 15.5 Å². The second kappa shape index (κ2) is 10.6. The van der Waals surface area contributed by atoms with Gasteiger partial charge in [0, 0.05) is 47.5 Å². The van der Waals surface area contributed by atoms with Crippen molar-refractivity contribution in [2.24, 2.45) is 0 Å². The van der Waals surface area contributed by atoms with Crippen molar-refractivity contribution < 1.29 is 9.59 Å². The summed E-state index contributed by atoms with van der Waals surface area (Å²) in [7, 11) is 0. The summed E-state index contributed by atoms with van der Waals surface area (Å²) >= 11 is 0. The van der Waals surface area contributed by atoms with Crippen LogP contribution in [0.3, 0.4) is 0 Å². The molecule has 0 aliphatic rings. The minimum atomic E-state index is -0.0941. The molecule has 0 aliphatic carbocycles. The van der Waals surface area contributed by atoms with E-state index < -0.39 is 0 Å². The van der Waals surface area contributed by atoms with Crippen LogP contribution in [0, 0.1) is 0 Å². The largest absolute Gasteiger partial charge is 0.362 e. The fourth-order valence-corrected chi connectivity index (χ4v) is 3.63. The number of nitrogens with one attached hydrogen (secondary N) is 3. The maximum atomic E-state index is 12.4. The van der Waals surface area contributed by atoms with E-state index in [-0.39, 0.29) is 18.5 Å². The van der Waals surface area contributed by atoms with Crippen molar-refractivity contribution in [1.82, 2.24) is 25.5 Å². The lowest BCUT2D eigenvalue weighted by atomic mass is 10.1. The van der Waals surface area contributed by atoms with Crippen LogP contribution >= 0.6 is 0 Å². The first kappa shape index (κ1) is 22.9. The summed E-state index contributed by atoms with van der Waals surface area (Å²) < 4.78 is 0. The molecular formula is C25H27N7O2. The zero-order valence-corrected chi connectivity index (χ0v) is 19.2. The van der Waals surface area contributed by atoms with Crippen LogP contribution in [0.25, 0.3) is 22.3 Å². The molecular weight excluding hydrogens is 430 g/mol. The van der Waals surface area contributed by atoms with Gasteiger partial charge >= 0.3 is 0 Å². The van der Waals surface area contributed by atoms with Gasteiger partial charge in [0.05, 0.1) is 18.3 Å². The molecule has 0 atom stereocenters. The molecule has 0 unspecified atom stereocenters. The van der Waals surface area contributed by atoms with Crippen LogP contribution in [0.1, 0.15) is 20.3 Å². The van der Waals surface area contributed by atoms with Gasteiger partial charge in [-0.3, -0.25) is 9.89 Å². The average Bonchev–Trinajstić information content (AvgIpc) is 3.29. The average molecular weight is 458 g/mol. The normalized spacial score (nSPS) is 10.9. The summed E-state index contributed by atoms with van der Waals surface area (Å²) in [5, 5.41) is 14.2. The van der Waals surface area contributed by atoms with Gasteiger partial charge in [0.25, 0.3) is 0 Å². The molecule has 0 fully saturated rings. The van der Waals surface area contributed by atoms with Gasteiger partial charge in [-0.2, -0.15) is 5.10 Å². The number of benzene rings is 2. The number of hydrogen-bond donors (Lipinski definition) is 3. The van der Waals surface area contributed by atoms with Gasteiger partial charge in [-0.25, -0.2) is 9.97 Å². The van der Waals surface area contributed by atoms with E-state index in [9.17, 15) is 9.59 Å². The predicted octanol–water partition coefficient (Wildman–Crippen LogP) is 3.68.